The van der Waals surface area contributed by atoms with Gasteiger partial charge in [0.2, 0.25) is 0 Å². The number of aliphatic carboxylic acids is 1. The number of carboxylic acid groups (broad SMARTS) is 1. The highest BCUT2D eigenvalue weighted by Gasteiger charge is 2.22. The van der Waals surface area contributed by atoms with Gasteiger partial charge >= 0.3 is 5.97 Å². The molecule has 0 unspecified atom stereocenters. The number of carbonyl (C=O) groups is 1. The molecular weight excluding hydrogens is 288 g/mol. The van der Waals surface area contributed by atoms with Crippen LogP contribution >= 0.6 is 0 Å². The third-order valence-corrected chi connectivity index (χ3v) is 4.08. The molecule has 0 aliphatic carbocycles. The number of hydrogen-bond acceptors (Lipinski definition) is 2. The molecule has 3 nitrogen and oxygen atoms in total. The molecule has 3 heteroatoms. The van der Waals surface area contributed by atoms with Gasteiger partial charge in [-0.15, -0.1) is 0 Å². The van der Waals surface area contributed by atoms with Gasteiger partial charge in [-0.05, 0) is 48.1 Å². The Morgan fingerprint density at radius 2 is 1.78 bits per heavy atom. The number of benzene rings is 2. The molecule has 0 fully saturated rings. The van der Waals surface area contributed by atoms with E-state index in [4.69, 9.17) is 4.74 Å². The summed E-state index contributed by atoms with van der Waals surface area (Å²) < 4.78 is 5.84. The molecule has 0 saturated heterocycles. The molecule has 122 valence electrons. The van der Waals surface area contributed by atoms with Crippen LogP contribution in [-0.2, 0) is 11.2 Å². The van der Waals surface area contributed by atoms with Crippen LogP contribution in [0.2, 0.25) is 0 Å². The Labute approximate surface area is 137 Å². The van der Waals surface area contributed by atoms with E-state index in [1.807, 2.05) is 56.3 Å². The average molecular weight is 312 g/mol. The van der Waals surface area contributed by atoms with Crippen LogP contribution in [0.4, 0.5) is 0 Å². The second-order valence-electron chi connectivity index (χ2n) is 6.26. The maximum absolute atomic E-state index is 11.6. The maximum atomic E-state index is 11.6. The van der Waals surface area contributed by atoms with E-state index in [1.165, 1.54) is 5.56 Å². The Balaban J connectivity index is 2.23. The van der Waals surface area contributed by atoms with Crippen molar-refractivity contribution in [1.29, 1.82) is 0 Å². The second-order valence-corrected chi connectivity index (χ2v) is 6.26. The normalized spacial score (nSPS) is 12.2. The summed E-state index contributed by atoms with van der Waals surface area (Å²) in [6, 6.07) is 13.7. The van der Waals surface area contributed by atoms with Gasteiger partial charge in [-0.2, -0.15) is 0 Å². The van der Waals surface area contributed by atoms with Crippen molar-refractivity contribution in [2.75, 3.05) is 0 Å². The molecule has 2 rings (SSSR count). The largest absolute Gasteiger partial charge is 0.478 e. The Morgan fingerprint density at radius 1 is 1.09 bits per heavy atom. The van der Waals surface area contributed by atoms with E-state index in [0.29, 0.717) is 12.2 Å². The molecule has 0 amide bonds. The predicted octanol–water partition coefficient (Wildman–Crippen LogP) is 4.50. The molecule has 0 radical (unpaired) electrons. The van der Waals surface area contributed by atoms with E-state index in [-0.39, 0.29) is 5.92 Å². The van der Waals surface area contributed by atoms with Crippen molar-refractivity contribution in [3.05, 3.63) is 64.7 Å². The van der Waals surface area contributed by atoms with Gasteiger partial charge in [0, 0.05) is 6.42 Å². The quantitative estimate of drug-likeness (QED) is 0.854. The topological polar surface area (TPSA) is 46.5 Å². The van der Waals surface area contributed by atoms with E-state index in [0.717, 1.165) is 16.7 Å². The summed E-state index contributed by atoms with van der Waals surface area (Å²) in [5, 5.41) is 9.52. The lowest BCUT2D eigenvalue weighted by Crippen LogP contribution is -2.29. The van der Waals surface area contributed by atoms with Gasteiger partial charge in [-0.25, -0.2) is 4.79 Å². The molecule has 2 aromatic carbocycles. The van der Waals surface area contributed by atoms with E-state index < -0.39 is 12.1 Å². The van der Waals surface area contributed by atoms with Crippen molar-refractivity contribution in [3.8, 4) is 5.75 Å². The molecule has 0 saturated carbocycles. The Kier molecular flexibility index (Phi) is 5.43. The van der Waals surface area contributed by atoms with Crippen LogP contribution in [0, 0.1) is 13.8 Å². The van der Waals surface area contributed by atoms with Crippen molar-refractivity contribution >= 4 is 5.97 Å². The highest BCUT2D eigenvalue weighted by molar-refractivity contribution is 5.73. The molecule has 0 heterocycles. The van der Waals surface area contributed by atoms with Gasteiger partial charge in [0.05, 0.1) is 0 Å². The summed E-state index contributed by atoms with van der Waals surface area (Å²) in [5.41, 5.74) is 4.36. The molecule has 1 atom stereocenters. The average Bonchev–Trinajstić information content (AvgIpc) is 2.50. The van der Waals surface area contributed by atoms with Crippen LogP contribution in [0.15, 0.2) is 42.5 Å². The monoisotopic (exact) mass is 312 g/mol. The standard InChI is InChI=1S/C20H24O3/c1-13(2)17-7-5-6-8-18(17)23-19(20(21)22)12-16-10-9-14(3)15(4)11-16/h5-11,13,19H,12H2,1-4H3,(H,21,22)/t19-/m1/s1. The van der Waals surface area contributed by atoms with Crippen molar-refractivity contribution in [2.45, 2.75) is 46.1 Å². The summed E-state index contributed by atoms with van der Waals surface area (Å²) in [6.45, 7) is 8.22. The van der Waals surface area contributed by atoms with Crippen LogP contribution in [0.1, 0.15) is 42.0 Å². The summed E-state index contributed by atoms with van der Waals surface area (Å²) >= 11 is 0. The predicted molar refractivity (Wildman–Crippen MR) is 92.2 cm³/mol. The number of ether oxygens (including phenoxy) is 1. The minimum absolute atomic E-state index is 0.280. The molecule has 0 aliphatic rings. The molecule has 1 N–H and O–H groups in total. The lowest BCUT2D eigenvalue weighted by molar-refractivity contribution is -0.145. The highest BCUT2D eigenvalue weighted by atomic mass is 16.5. The van der Waals surface area contributed by atoms with Crippen LogP contribution in [0.5, 0.6) is 5.75 Å². The van der Waals surface area contributed by atoms with E-state index in [1.54, 1.807) is 0 Å². The molecular formula is C20H24O3. The molecule has 23 heavy (non-hydrogen) atoms. The van der Waals surface area contributed by atoms with Crippen LogP contribution in [0.25, 0.3) is 0 Å². The third-order valence-electron chi connectivity index (χ3n) is 4.08. The van der Waals surface area contributed by atoms with Gasteiger partial charge in [-0.1, -0.05) is 50.2 Å². The Morgan fingerprint density at radius 3 is 2.39 bits per heavy atom. The van der Waals surface area contributed by atoms with Crippen LogP contribution < -0.4 is 4.74 Å². The number of aryl methyl sites for hydroxylation is 2. The summed E-state index contributed by atoms with van der Waals surface area (Å²) in [4.78, 5) is 11.6. The van der Waals surface area contributed by atoms with E-state index in [2.05, 4.69) is 13.8 Å². The van der Waals surface area contributed by atoms with Gasteiger partial charge in [-0.3, -0.25) is 0 Å². The summed E-state index contributed by atoms with van der Waals surface area (Å²) in [7, 11) is 0. The first-order chi connectivity index (χ1) is 10.9. The zero-order chi connectivity index (χ0) is 17.0. The molecule has 0 aliphatic heterocycles. The zero-order valence-electron chi connectivity index (χ0n) is 14.2. The first kappa shape index (κ1) is 17.1. The second kappa shape index (κ2) is 7.32. The van der Waals surface area contributed by atoms with Crippen molar-refractivity contribution < 1.29 is 14.6 Å². The van der Waals surface area contributed by atoms with Crippen LogP contribution in [-0.4, -0.2) is 17.2 Å². The van der Waals surface area contributed by atoms with Gasteiger partial charge in [0.15, 0.2) is 6.10 Å². The first-order valence-corrected chi connectivity index (χ1v) is 7.93. The lowest BCUT2D eigenvalue weighted by Gasteiger charge is -2.19. The Bertz CT molecular complexity index is 689. The number of hydrogen-bond donors (Lipinski definition) is 1. The van der Waals surface area contributed by atoms with E-state index in [9.17, 15) is 9.90 Å². The number of rotatable bonds is 6. The molecule has 0 bridgehead atoms. The minimum atomic E-state index is -0.943. The highest BCUT2D eigenvalue weighted by Crippen LogP contribution is 2.27. The van der Waals surface area contributed by atoms with Crippen molar-refractivity contribution in [1.82, 2.24) is 0 Å². The fraction of sp³-hybridized carbons (Fsp3) is 0.350. The number of para-hydroxylation sites is 1. The van der Waals surface area contributed by atoms with Gasteiger partial charge < -0.3 is 9.84 Å². The third kappa shape index (κ3) is 4.35. The van der Waals surface area contributed by atoms with Crippen LogP contribution in [0.3, 0.4) is 0 Å². The molecule has 0 spiro atoms. The Hall–Kier alpha value is -2.29. The smallest absolute Gasteiger partial charge is 0.345 e. The maximum Gasteiger partial charge on any atom is 0.345 e. The first-order valence-electron chi connectivity index (χ1n) is 7.93. The number of carboxylic acids is 1. The van der Waals surface area contributed by atoms with E-state index >= 15 is 0 Å². The summed E-state index contributed by atoms with van der Waals surface area (Å²) in [5.74, 6) is -0.0113. The van der Waals surface area contributed by atoms with Gasteiger partial charge in [0.1, 0.15) is 5.75 Å². The zero-order valence-corrected chi connectivity index (χ0v) is 14.2. The fourth-order valence-corrected chi connectivity index (χ4v) is 2.54. The lowest BCUT2D eigenvalue weighted by atomic mass is 10.0. The fourth-order valence-electron chi connectivity index (χ4n) is 2.54. The van der Waals surface area contributed by atoms with Crippen molar-refractivity contribution in [2.24, 2.45) is 0 Å². The molecule has 2 aromatic rings. The summed E-state index contributed by atoms with van der Waals surface area (Å²) in [6.07, 6.45) is -0.542. The van der Waals surface area contributed by atoms with Gasteiger partial charge in [0.25, 0.3) is 0 Å². The minimum Gasteiger partial charge on any atom is -0.478 e. The SMILES string of the molecule is Cc1ccc(C[C@@H](Oc2ccccc2C(C)C)C(=O)O)cc1C. The van der Waals surface area contributed by atoms with Crippen molar-refractivity contribution in [3.63, 3.8) is 0 Å². The molecule has 0 aromatic heterocycles.